The summed E-state index contributed by atoms with van der Waals surface area (Å²) in [5, 5.41) is 0. The average molecular weight is 306 g/mol. The molecule has 0 saturated carbocycles. The lowest BCUT2D eigenvalue weighted by molar-refractivity contribution is 0.171. The monoisotopic (exact) mass is 306 g/mol. The van der Waals surface area contributed by atoms with E-state index in [2.05, 4.69) is 9.71 Å². The molecule has 2 heterocycles. The first-order valence-electron chi connectivity index (χ1n) is 6.43. The van der Waals surface area contributed by atoms with Crippen LogP contribution in [0.1, 0.15) is 5.56 Å². The molecule has 0 bridgehead atoms. The largest absolute Gasteiger partial charge is 0.486 e. The minimum absolute atomic E-state index is 0.141. The molecular weight excluding hydrogens is 292 g/mol. The molecule has 1 aromatic carbocycles. The van der Waals surface area contributed by atoms with Crippen LogP contribution in [-0.4, -0.2) is 26.6 Å². The van der Waals surface area contributed by atoms with Gasteiger partial charge in [-0.25, -0.2) is 13.1 Å². The lowest BCUT2D eigenvalue weighted by Crippen LogP contribution is -2.23. The Morgan fingerprint density at radius 3 is 2.71 bits per heavy atom. The first-order chi connectivity index (χ1) is 10.1. The minimum atomic E-state index is -3.56. The summed E-state index contributed by atoms with van der Waals surface area (Å²) >= 11 is 0. The Morgan fingerprint density at radius 2 is 1.95 bits per heavy atom. The van der Waals surface area contributed by atoms with Crippen molar-refractivity contribution in [2.24, 2.45) is 0 Å². The lowest BCUT2D eigenvalue weighted by atomic mass is 10.2. The second-order valence-corrected chi connectivity index (χ2v) is 6.26. The fraction of sp³-hybridized carbons (Fsp3) is 0.214. The summed E-state index contributed by atoms with van der Waals surface area (Å²) in [5.41, 5.74) is 0.798. The van der Waals surface area contributed by atoms with Gasteiger partial charge in [-0.1, -0.05) is 6.07 Å². The maximum Gasteiger partial charge on any atom is 0.242 e. The van der Waals surface area contributed by atoms with Crippen molar-refractivity contribution in [3.63, 3.8) is 0 Å². The first kappa shape index (κ1) is 13.8. The fourth-order valence-electron chi connectivity index (χ4n) is 1.97. The number of benzene rings is 1. The SMILES string of the molecule is O=S(=O)(NCc1ccc2c(c1)OCCO2)c1cccnc1. The number of hydrogen-bond donors (Lipinski definition) is 1. The van der Waals surface area contributed by atoms with Crippen molar-refractivity contribution < 1.29 is 17.9 Å². The smallest absolute Gasteiger partial charge is 0.242 e. The highest BCUT2D eigenvalue weighted by atomic mass is 32.2. The standard InChI is InChI=1S/C14H14N2O4S/c17-21(18,12-2-1-5-15-10-12)16-9-11-3-4-13-14(8-11)20-7-6-19-13/h1-5,8,10,16H,6-7,9H2. The molecule has 0 radical (unpaired) electrons. The van der Waals surface area contributed by atoms with Crippen LogP contribution >= 0.6 is 0 Å². The minimum Gasteiger partial charge on any atom is -0.486 e. The summed E-state index contributed by atoms with van der Waals surface area (Å²) < 4.78 is 37.6. The maximum atomic E-state index is 12.1. The van der Waals surface area contributed by atoms with Crippen LogP contribution < -0.4 is 14.2 Å². The molecule has 1 aliphatic rings. The van der Waals surface area contributed by atoms with Crippen LogP contribution in [0.15, 0.2) is 47.6 Å². The number of aromatic nitrogens is 1. The second kappa shape index (κ2) is 5.71. The summed E-state index contributed by atoms with van der Waals surface area (Å²) in [7, 11) is -3.56. The highest BCUT2D eigenvalue weighted by Gasteiger charge is 2.15. The number of rotatable bonds is 4. The van der Waals surface area contributed by atoms with Crippen molar-refractivity contribution >= 4 is 10.0 Å². The van der Waals surface area contributed by atoms with Gasteiger partial charge in [-0.3, -0.25) is 4.98 Å². The highest BCUT2D eigenvalue weighted by Crippen LogP contribution is 2.30. The van der Waals surface area contributed by atoms with Crippen LogP contribution in [0.2, 0.25) is 0 Å². The van der Waals surface area contributed by atoms with Gasteiger partial charge in [-0.15, -0.1) is 0 Å². The van der Waals surface area contributed by atoms with E-state index in [1.807, 2.05) is 0 Å². The van der Waals surface area contributed by atoms with E-state index >= 15 is 0 Å². The third-order valence-corrected chi connectivity index (χ3v) is 4.40. The predicted octanol–water partition coefficient (Wildman–Crippen LogP) is 1.33. The van der Waals surface area contributed by atoms with Gasteiger partial charge < -0.3 is 9.47 Å². The molecule has 0 aliphatic carbocycles. The molecule has 0 saturated heterocycles. The van der Waals surface area contributed by atoms with Crippen molar-refractivity contribution in [1.82, 2.24) is 9.71 Å². The van der Waals surface area contributed by atoms with Gasteiger partial charge in [-0.05, 0) is 29.8 Å². The highest BCUT2D eigenvalue weighted by molar-refractivity contribution is 7.89. The van der Waals surface area contributed by atoms with Gasteiger partial charge in [0.15, 0.2) is 11.5 Å². The van der Waals surface area contributed by atoms with E-state index < -0.39 is 10.0 Å². The molecule has 0 fully saturated rings. The molecule has 1 aromatic heterocycles. The average Bonchev–Trinajstić information content (AvgIpc) is 2.54. The third-order valence-electron chi connectivity index (χ3n) is 3.02. The molecule has 7 heteroatoms. The maximum absolute atomic E-state index is 12.1. The van der Waals surface area contributed by atoms with Gasteiger partial charge in [-0.2, -0.15) is 0 Å². The molecular formula is C14H14N2O4S. The first-order valence-corrected chi connectivity index (χ1v) is 7.92. The number of ether oxygens (including phenoxy) is 2. The van der Waals surface area contributed by atoms with Crippen LogP contribution in [0.4, 0.5) is 0 Å². The zero-order valence-electron chi connectivity index (χ0n) is 11.2. The molecule has 0 atom stereocenters. The molecule has 110 valence electrons. The Labute approximate surface area is 122 Å². The van der Waals surface area contributed by atoms with Crippen LogP contribution in [0.5, 0.6) is 11.5 Å². The summed E-state index contributed by atoms with van der Waals surface area (Å²) in [4.78, 5) is 3.95. The van der Waals surface area contributed by atoms with Crippen LogP contribution in [-0.2, 0) is 16.6 Å². The van der Waals surface area contributed by atoms with Gasteiger partial charge in [0, 0.05) is 18.9 Å². The normalized spacial score (nSPS) is 13.9. The molecule has 6 nitrogen and oxygen atoms in total. The Morgan fingerprint density at radius 1 is 1.14 bits per heavy atom. The zero-order valence-corrected chi connectivity index (χ0v) is 12.0. The second-order valence-electron chi connectivity index (χ2n) is 4.49. The third kappa shape index (κ3) is 3.14. The number of sulfonamides is 1. The number of nitrogens with zero attached hydrogens (tertiary/aromatic N) is 1. The van der Waals surface area contributed by atoms with Crippen molar-refractivity contribution in [1.29, 1.82) is 0 Å². The predicted molar refractivity (Wildman–Crippen MR) is 75.7 cm³/mol. The van der Waals surface area contributed by atoms with Crippen molar-refractivity contribution in [3.8, 4) is 11.5 Å². The molecule has 0 spiro atoms. The van der Waals surface area contributed by atoms with Gasteiger partial charge >= 0.3 is 0 Å². The number of hydrogen-bond acceptors (Lipinski definition) is 5. The van der Waals surface area contributed by atoms with Crippen LogP contribution in [0.3, 0.4) is 0 Å². The zero-order chi connectivity index (χ0) is 14.7. The lowest BCUT2D eigenvalue weighted by Gasteiger charge is -2.19. The number of fused-ring (bicyclic) bond motifs is 1. The molecule has 1 aliphatic heterocycles. The molecule has 0 unspecified atom stereocenters. The Kier molecular flexibility index (Phi) is 3.76. The summed E-state index contributed by atoms with van der Waals surface area (Å²) in [6.07, 6.45) is 2.84. The topological polar surface area (TPSA) is 77.5 Å². The quantitative estimate of drug-likeness (QED) is 0.922. The Hall–Kier alpha value is -2.12. The summed E-state index contributed by atoms with van der Waals surface area (Å²) in [6, 6.07) is 8.44. The van der Waals surface area contributed by atoms with E-state index in [0.29, 0.717) is 24.7 Å². The van der Waals surface area contributed by atoms with E-state index in [-0.39, 0.29) is 11.4 Å². The van der Waals surface area contributed by atoms with Gasteiger partial charge in [0.2, 0.25) is 10.0 Å². The Balaban J connectivity index is 1.73. The van der Waals surface area contributed by atoms with Crippen molar-refractivity contribution in [2.75, 3.05) is 13.2 Å². The number of pyridine rings is 1. The van der Waals surface area contributed by atoms with E-state index in [4.69, 9.17) is 9.47 Å². The summed E-state index contributed by atoms with van der Waals surface area (Å²) in [6.45, 7) is 1.20. The van der Waals surface area contributed by atoms with E-state index in [1.165, 1.54) is 18.5 Å². The van der Waals surface area contributed by atoms with Crippen LogP contribution in [0, 0.1) is 0 Å². The molecule has 1 N–H and O–H groups in total. The van der Waals surface area contributed by atoms with Crippen molar-refractivity contribution in [2.45, 2.75) is 11.4 Å². The van der Waals surface area contributed by atoms with Gasteiger partial charge in [0.1, 0.15) is 18.1 Å². The molecule has 0 amide bonds. The van der Waals surface area contributed by atoms with Crippen molar-refractivity contribution in [3.05, 3.63) is 48.3 Å². The van der Waals surface area contributed by atoms with E-state index in [9.17, 15) is 8.42 Å². The summed E-state index contributed by atoms with van der Waals surface area (Å²) in [5.74, 6) is 1.32. The van der Waals surface area contributed by atoms with Gasteiger partial charge in [0.05, 0.1) is 0 Å². The Bertz CT molecular complexity index is 732. The molecule has 2 aromatic rings. The van der Waals surface area contributed by atoms with Crippen LogP contribution in [0.25, 0.3) is 0 Å². The number of nitrogens with one attached hydrogen (secondary N) is 1. The molecule has 3 rings (SSSR count). The van der Waals surface area contributed by atoms with E-state index in [1.54, 1.807) is 24.3 Å². The van der Waals surface area contributed by atoms with Gasteiger partial charge in [0.25, 0.3) is 0 Å². The molecule has 21 heavy (non-hydrogen) atoms. The fourth-order valence-corrected chi connectivity index (χ4v) is 2.95. The van der Waals surface area contributed by atoms with E-state index in [0.717, 1.165) is 5.56 Å².